The Bertz CT molecular complexity index is 1210. The predicted octanol–water partition coefficient (Wildman–Crippen LogP) is 4.41. The second-order valence-electron chi connectivity index (χ2n) is 6.67. The van der Waals surface area contributed by atoms with Crippen molar-refractivity contribution in [2.45, 2.75) is 17.7 Å². The van der Waals surface area contributed by atoms with E-state index in [9.17, 15) is 13.2 Å². The summed E-state index contributed by atoms with van der Waals surface area (Å²) < 4.78 is 33.1. The number of amides is 1. The van der Waals surface area contributed by atoms with Gasteiger partial charge in [-0.15, -0.1) is 0 Å². The van der Waals surface area contributed by atoms with E-state index in [-0.39, 0.29) is 11.5 Å². The fourth-order valence-corrected chi connectivity index (χ4v) is 6.09. The van der Waals surface area contributed by atoms with Crippen molar-refractivity contribution in [1.29, 1.82) is 0 Å². The van der Waals surface area contributed by atoms with Crippen molar-refractivity contribution in [3.8, 4) is 5.75 Å². The number of ether oxygens (including phenoxy) is 1. The molecule has 1 amide bonds. The summed E-state index contributed by atoms with van der Waals surface area (Å²) in [5.74, 6) is -0.0673. The first kappa shape index (κ1) is 21.3. The third kappa shape index (κ3) is 4.55. The van der Waals surface area contributed by atoms with E-state index in [4.69, 9.17) is 27.9 Å². The molecular formula is C19H17Cl2N3O4S2. The van der Waals surface area contributed by atoms with Crippen molar-refractivity contribution in [2.24, 2.45) is 0 Å². The van der Waals surface area contributed by atoms with Gasteiger partial charge in [-0.3, -0.25) is 10.1 Å². The van der Waals surface area contributed by atoms with Crippen LogP contribution in [0.5, 0.6) is 5.75 Å². The lowest BCUT2D eigenvalue weighted by Crippen LogP contribution is -2.27. The molecule has 3 aromatic rings. The minimum atomic E-state index is -3.51. The van der Waals surface area contributed by atoms with Crippen LogP contribution in [0.1, 0.15) is 12.8 Å². The van der Waals surface area contributed by atoms with Crippen LogP contribution in [0.2, 0.25) is 10.0 Å². The smallest absolute Gasteiger partial charge is 0.264 e. The zero-order valence-electron chi connectivity index (χ0n) is 15.6. The quantitative estimate of drug-likeness (QED) is 0.558. The largest absolute Gasteiger partial charge is 0.482 e. The van der Waals surface area contributed by atoms with E-state index < -0.39 is 15.9 Å². The molecule has 1 aliphatic heterocycles. The Morgan fingerprint density at radius 3 is 2.67 bits per heavy atom. The molecule has 1 N–H and O–H groups in total. The Balaban J connectivity index is 1.45. The molecule has 0 radical (unpaired) electrons. The molecule has 4 rings (SSSR count). The van der Waals surface area contributed by atoms with E-state index >= 15 is 0 Å². The zero-order chi connectivity index (χ0) is 21.3. The van der Waals surface area contributed by atoms with E-state index in [1.54, 1.807) is 30.3 Å². The maximum absolute atomic E-state index is 12.7. The van der Waals surface area contributed by atoms with Gasteiger partial charge in [0.25, 0.3) is 5.91 Å². The van der Waals surface area contributed by atoms with Crippen LogP contribution in [0, 0.1) is 0 Å². The minimum absolute atomic E-state index is 0.235. The van der Waals surface area contributed by atoms with Crippen LogP contribution in [0.25, 0.3) is 10.2 Å². The molecule has 11 heteroatoms. The standard InChI is InChI=1S/C19H17Cl2N3O4S2/c20-12-3-6-16(14(21)9-12)28-11-18(25)23-19-22-15-5-4-13(10-17(15)29-19)30(26,27)24-7-1-2-8-24/h3-6,9-10H,1-2,7-8,11H2,(H,22,23,25). The molecule has 158 valence electrons. The van der Waals surface area contributed by atoms with Gasteiger partial charge in [0.05, 0.1) is 20.1 Å². The number of anilines is 1. The molecule has 0 saturated carbocycles. The number of rotatable bonds is 6. The Labute approximate surface area is 187 Å². The fraction of sp³-hybridized carbons (Fsp3) is 0.263. The Kier molecular flexibility index (Phi) is 6.17. The molecule has 1 fully saturated rings. The number of hydrogen-bond donors (Lipinski definition) is 1. The molecule has 2 heterocycles. The van der Waals surface area contributed by atoms with E-state index in [0.717, 1.165) is 12.8 Å². The number of thiazole rings is 1. The Hall–Kier alpha value is -1.91. The number of carbonyl (C=O) groups is 1. The van der Waals surface area contributed by atoms with Gasteiger partial charge in [-0.05, 0) is 49.2 Å². The van der Waals surface area contributed by atoms with Crippen LogP contribution in [-0.4, -0.2) is 43.3 Å². The van der Waals surface area contributed by atoms with Gasteiger partial charge in [0.1, 0.15) is 5.75 Å². The highest BCUT2D eigenvalue weighted by Gasteiger charge is 2.27. The van der Waals surface area contributed by atoms with Crippen LogP contribution >= 0.6 is 34.5 Å². The average Bonchev–Trinajstić information content (AvgIpc) is 3.36. The number of hydrogen-bond acceptors (Lipinski definition) is 6. The fourth-order valence-electron chi connectivity index (χ4n) is 3.09. The maximum Gasteiger partial charge on any atom is 0.264 e. The highest BCUT2D eigenvalue weighted by Crippen LogP contribution is 2.30. The molecule has 1 aliphatic rings. The third-order valence-corrected chi connectivity index (χ3v) is 7.92. The molecule has 0 aliphatic carbocycles. The van der Waals surface area contributed by atoms with Crippen LogP contribution in [0.4, 0.5) is 5.13 Å². The van der Waals surface area contributed by atoms with Gasteiger partial charge in [-0.25, -0.2) is 13.4 Å². The van der Waals surface area contributed by atoms with Crippen LogP contribution in [-0.2, 0) is 14.8 Å². The number of benzene rings is 2. The number of nitrogens with zero attached hydrogens (tertiary/aromatic N) is 2. The molecular weight excluding hydrogens is 469 g/mol. The van der Waals surface area contributed by atoms with Gasteiger partial charge in [-0.1, -0.05) is 34.5 Å². The van der Waals surface area contributed by atoms with Crippen molar-refractivity contribution in [3.63, 3.8) is 0 Å². The van der Waals surface area contributed by atoms with E-state index in [1.807, 2.05) is 0 Å². The topological polar surface area (TPSA) is 88.6 Å². The van der Waals surface area contributed by atoms with Crippen molar-refractivity contribution < 1.29 is 17.9 Å². The van der Waals surface area contributed by atoms with Crippen LogP contribution in [0.15, 0.2) is 41.3 Å². The lowest BCUT2D eigenvalue weighted by molar-refractivity contribution is -0.118. The van der Waals surface area contributed by atoms with Gasteiger partial charge in [0.15, 0.2) is 11.7 Å². The number of halogens is 2. The van der Waals surface area contributed by atoms with Crippen LogP contribution < -0.4 is 10.1 Å². The van der Waals surface area contributed by atoms with E-state index in [1.165, 1.54) is 21.7 Å². The minimum Gasteiger partial charge on any atom is -0.482 e. The summed E-state index contributed by atoms with van der Waals surface area (Å²) in [4.78, 5) is 16.8. The first-order valence-corrected chi connectivity index (χ1v) is 12.1. The number of sulfonamides is 1. The molecule has 0 spiro atoms. The summed E-state index contributed by atoms with van der Waals surface area (Å²) in [5, 5.41) is 3.80. The number of nitrogens with one attached hydrogen (secondary N) is 1. The summed E-state index contributed by atoms with van der Waals surface area (Å²) in [7, 11) is -3.51. The maximum atomic E-state index is 12.7. The van der Waals surface area contributed by atoms with E-state index in [2.05, 4.69) is 10.3 Å². The molecule has 1 aromatic heterocycles. The first-order valence-electron chi connectivity index (χ1n) is 9.11. The summed E-state index contributed by atoms with van der Waals surface area (Å²) in [6, 6.07) is 9.51. The molecule has 7 nitrogen and oxygen atoms in total. The predicted molar refractivity (Wildman–Crippen MR) is 118 cm³/mol. The normalized spacial score (nSPS) is 14.9. The zero-order valence-corrected chi connectivity index (χ0v) is 18.7. The number of fused-ring (bicyclic) bond motifs is 1. The summed E-state index contributed by atoms with van der Waals surface area (Å²) >= 11 is 13.1. The second kappa shape index (κ2) is 8.68. The SMILES string of the molecule is O=C(COc1ccc(Cl)cc1Cl)Nc1nc2ccc(S(=O)(=O)N3CCCC3)cc2s1. The third-order valence-electron chi connectivity index (χ3n) is 4.56. The van der Waals surface area contributed by atoms with Gasteiger partial charge in [-0.2, -0.15) is 4.31 Å². The lowest BCUT2D eigenvalue weighted by atomic mass is 10.3. The molecule has 1 saturated heterocycles. The summed E-state index contributed by atoms with van der Waals surface area (Å²) in [5.41, 5.74) is 0.609. The van der Waals surface area contributed by atoms with Gasteiger partial charge < -0.3 is 4.74 Å². The highest BCUT2D eigenvalue weighted by molar-refractivity contribution is 7.89. The average molecular weight is 486 g/mol. The first-order chi connectivity index (χ1) is 14.3. The van der Waals surface area contributed by atoms with Crippen molar-refractivity contribution in [2.75, 3.05) is 25.0 Å². The molecule has 2 aromatic carbocycles. The van der Waals surface area contributed by atoms with Gasteiger partial charge in [0.2, 0.25) is 10.0 Å². The molecule has 0 unspecified atom stereocenters. The Morgan fingerprint density at radius 1 is 1.17 bits per heavy atom. The van der Waals surface area contributed by atoms with Crippen LogP contribution in [0.3, 0.4) is 0 Å². The second-order valence-corrected chi connectivity index (χ2v) is 10.5. The van der Waals surface area contributed by atoms with E-state index in [0.29, 0.717) is 44.2 Å². The van der Waals surface area contributed by atoms with Gasteiger partial charge in [0, 0.05) is 18.1 Å². The summed E-state index contributed by atoms with van der Waals surface area (Å²) in [6.45, 7) is 0.829. The lowest BCUT2D eigenvalue weighted by Gasteiger charge is -2.15. The number of carbonyl (C=O) groups excluding carboxylic acids is 1. The monoisotopic (exact) mass is 485 g/mol. The van der Waals surface area contributed by atoms with Gasteiger partial charge >= 0.3 is 0 Å². The number of aromatic nitrogens is 1. The Morgan fingerprint density at radius 2 is 1.93 bits per heavy atom. The van der Waals surface area contributed by atoms with Crippen molar-refractivity contribution in [1.82, 2.24) is 9.29 Å². The summed E-state index contributed by atoms with van der Waals surface area (Å²) in [6.07, 6.45) is 1.75. The molecule has 0 bridgehead atoms. The molecule has 30 heavy (non-hydrogen) atoms. The van der Waals surface area contributed by atoms with Crippen molar-refractivity contribution in [3.05, 3.63) is 46.4 Å². The highest BCUT2D eigenvalue weighted by atomic mass is 35.5. The van der Waals surface area contributed by atoms with Crippen molar-refractivity contribution >= 4 is 65.8 Å². The molecule has 0 atom stereocenters.